The average molecular weight is 156 g/mol. The Hall–Kier alpha value is -1.58. The fourth-order valence-electron chi connectivity index (χ4n) is 0.118. The van der Waals surface area contributed by atoms with E-state index < -0.39 is 11.9 Å². The van der Waals surface area contributed by atoms with E-state index in [0.717, 1.165) is 6.08 Å². The van der Waals surface area contributed by atoms with Crippen LogP contribution in [0, 0.1) is 0 Å². The van der Waals surface area contributed by atoms with Crippen molar-refractivity contribution in [2.45, 2.75) is 6.42 Å². The van der Waals surface area contributed by atoms with Crippen molar-refractivity contribution in [3.8, 4) is 0 Å². The largest absolute Gasteiger partial charge is 0.550 e. The molecule has 0 spiro atoms. The van der Waals surface area contributed by atoms with Crippen molar-refractivity contribution in [1.29, 1.82) is 0 Å². The predicted octanol–water partition coefficient (Wildman–Crippen LogP) is -1.77. The van der Waals surface area contributed by atoms with Gasteiger partial charge in [-0.15, -0.1) is 6.58 Å². The maximum Gasteiger partial charge on any atom is 0.0636 e. The van der Waals surface area contributed by atoms with Crippen molar-refractivity contribution in [3.63, 3.8) is 0 Å². The Kier molecular flexibility index (Phi) is 9.29. The lowest BCUT2D eigenvalue weighted by Gasteiger charge is -1.89. The van der Waals surface area contributed by atoms with Crippen LogP contribution in [0.25, 0.3) is 0 Å². The van der Waals surface area contributed by atoms with Crippen molar-refractivity contribution in [3.05, 3.63) is 25.3 Å². The minimum absolute atomic E-state index is 0.0556. The van der Waals surface area contributed by atoms with E-state index in [1.54, 1.807) is 0 Å². The molecule has 0 unspecified atom stereocenters. The molecule has 62 valence electrons. The number of aliphatic carboxylic acids is 2. The lowest BCUT2D eigenvalue weighted by molar-refractivity contribution is -0.304. The molecule has 0 rings (SSSR count). The van der Waals surface area contributed by atoms with Crippen LogP contribution in [0.3, 0.4) is 0 Å². The minimum atomic E-state index is -1.23. The van der Waals surface area contributed by atoms with Gasteiger partial charge in [0.15, 0.2) is 0 Å². The quantitative estimate of drug-likeness (QED) is 0.358. The van der Waals surface area contributed by atoms with Gasteiger partial charge in [-0.2, -0.15) is 0 Å². The highest BCUT2D eigenvalue weighted by Crippen LogP contribution is 1.70. The van der Waals surface area contributed by atoms with Crippen molar-refractivity contribution in [1.82, 2.24) is 0 Å². The molecule has 0 fully saturated rings. The Balaban J connectivity index is 0. The summed E-state index contributed by atoms with van der Waals surface area (Å²) in [6.07, 6.45) is 1.95. The lowest BCUT2D eigenvalue weighted by Crippen LogP contribution is -2.20. The summed E-state index contributed by atoms with van der Waals surface area (Å²) >= 11 is 0. The van der Waals surface area contributed by atoms with E-state index in [4.69, 9.17) is 9.90 Å². The standard InChI is InChI=1S/C4H6O2.C3H4O2/c1-2-3-4(5)6;1-2-3(4)5/h2H,1,3H2,(H,5,6);2H,1H2,(H,4,5)/p-2. The zero-order valence-electron chi connectivity index (χ0n) is 5.91. The molecule has 4 heteroatoms. The SMILES string of the molecule is C=CC(=O)[O-].C=CCC(=O)[O-]. The summed E-state index contributed by atoms with van der Waals surface area (Å²) in [5.74, 6) is -2.31. The van der Waals surface area contributed by atoms with E-state index in [0.29, 0.717) is 0 Å². The highest BCUT2D eigenvalue weighted by Gasteiger charge is 1.69. The van der Waals surface area contributed by atoms with Crippen LogP contribution in [0.5, 0.6) is 0 Å². The van der Waals surface area contributed by atoms with Gasteiger partial charge >= 0.3 is 0 Å². The van der Waals surface area contributed by atoms with Crippen molar-refractivity contribution >= 4 is 11.9 Å². The van der Waals surface area contributed by atoms with Crippen molar-refractivity contribution in [2.24, 2.45) is 0 Å². The minimum Gasteiger partial charge on any atom is -0.550 e. The number of carboxylic acids is 2. The third-order valence-corrected chi connectivity index (χ3v) is 0.478. The van der Waals surface area contributed by atoms with Gasteiger partial charge in [-0.25, -0.2) is 0 Å². The molecule has 0 aliphatic heterocycles. The van der Waals surface area contributed by atoms with Crippen molar-refractivity contribution in [2.75, 3.05) is 0 Å². The molecule has 0 aromatic rings. The van der Waals surface area contributed by atoms with Gasteiger partial charge in [-0.3, -0.25) is 0 Å². The molecule has 0 saturated heterocycles. The van der Waals surface area contributed by atoms with E-state index >= 15 is 0 Å². The summed E-state index contributed by atoms with van der Waals surface area (Å²) in [7, 11) is 0. The summed E-state index contributed by atoms with van der Waals surface area (Å²) in [5.41, 5.74) is 0. The highest BCUT2D eigenvalue weighted by atomic mass is 16.4. The van der Waals surface area contributed by atoms with Crippen LogP contribution in [0.1, 0.15) is 6.42 Å². The topological polar surface area (TPSA) is 80.3 Å². The van der Waals surface area contributed by atoms with Crippen LogP contribution in [0.2, 0.25) is 0 Å². The van der Waals surface area contributed by atoms with Gasteiger partial charge in [0.1, 0.15) is 0 Å². The van der Waals surface area contributed by atoms with Crippen LogP contribution in [-0.4, -0.2) is 11.9 Å². The van der Waals surface area contributed by atoms with Gasteiger partial charge < -0.3 is 19.8 Å². The molecule has 0 N–H and O–H groups in total. The molecule has 0 aromatic heterocycles. The summed E-state index contributed by atoms with van der Waals surface area (Å²) in [5, 5.41) is 18.6. The van der Waals surface area contributed by atoms with Crippen LogP contribution < -0.4 is 10.2 Å². The Morgan fingerprint density at radius 2 is 1.64 bits per heavy atom. The number of hydrogen-bond donors (Lipinski definition) is 0. The first kappa shape index (κ1) is 12.1. The number of rotatable bonds is 3. The normalized spacial score (nSPS) is 6.91. The smallest absolute Gasteiger partial charge is 0.0636 e. The van der Waals surface area contributed by atoms with E-state index in [1.807, 2.05) is 0 Å². The maximum atomic E-state index is 9.42. The first-order chi connectivity index (χ1) is 5.04. The van der Waals surface area contributed by atoms with Crippen LogP contribution >= 0.6 is 0 Å². The van der Waals surface area contributed by atoms with E-state index in [2.05, 4.69) is 13.2 Å². The first-order valence-electron chi connectivity index (χ1n) is 2.68. The third kappa shape index (κ3) is 29.7. The van der Waals surface area contributed by atoms with Crippen LogP contribution in [0.4, 0.5) is 0 Å². The van der Waals surface area contributed by atoms with Gasteiger partial charge in [0.05, 0.1) is 5.97 Å². The zero-order chi connectivity index (χ0) is 9.28. The Morgan fingerprint density at radius 3 is 1.64 bits per heavy atom. The molecule has 11 heavy (non-hydrogen) atoms. The second-order valence-corrected chi connectivity index (χ2v) is 1.39. The second kappa shape index (κ2) is 8.42. The van der Waals surface area contributed by atoms with E-state index in [9.17, 15) is 9.90 Å². The lowest BCUT2D eigenvalue weighted by atomic mass is 10.4. The monoisotopic (exact) mass is 156 g/mol. The summed E-state index contributed by atoms with van der Waals surface area (Å²) < 4.78 is 0. The summed E-state index contributed by atoms with van der Waals surface area (Å²) in [4.78, 5) is 18.6. The number of carboxylic acid groups (broad SMARTS) is 2. The Morgan fingerprint density at radius 1 is 1.27 bits per heavy atom. The third-order valence-electron chi connectivity index (χ3n) is 0.478. The molecular weight excluding hydrogens is 148 g/mol. The molecule has 0 radical (unpaired) electrons. The van der Waals surface area contributed by atoms with E-state index in [1.165, 1.54) is 6.08 Å². The summed E-state index contributed by atoms with van der Waals surface area (Å²) in [6.45, 7) is 6.08. The molecule has 0 aromatic carbocycles. The van der Waals surface area contributed by atoms with Crippen molar-refractivity contribution < 1.29 is 19.8 Å². The van der Waals surface area contributed by atoms with Gasteiger partial charge in [-0.1, -0.05) is 12.7 Å². The molecule has 0 aliphatic rings. The van der Waals surface area contributed by atoms with Gasteiger partial charge in [-0.05, 0) is 6.08 Å². The maximum absolute atomic E-state index is 9.42. The fourth-order valence-corrected chi connectivity index (χ4v) is 0.118. The molecule has 4 nitrogen and oxygen atoms in total. The molecule has 0 bridgehead atoms. The Labute approximate surface area is 64.5 Å². The molecule has 0 atom stereocenters. The fraction of sp³-hybridized carbons (Fsp3) is 0.143. The highest BCUT2D eigenvalue weighted by molar-refractivity contribution is 5.76. The van der Waals surface area contributed by atoms with Crippen LogP contribution in [0.15, 0.2) is 25.3 Å². The van der Waals surface area contributed by atoms with Gasteiger partial charge in [0.2, 0.25) is 0 Å². The van der Waals surface area contributed by atoms with Crippen LogP contribution in [-0.2, 0) is 9.59 Å². The molecule has 0 aliphatic carbocycles. The average Bonchev–Trinajstić information content (AvgIpc) is 1.89. The second-order valence-electron chi connectivity index (χ2n) is 1.39. The zero-order valence-corrected chi connectivity index (χ0v) is 5.91. The number of hydrogen-bond acceptors (Lipinski definition) is 4. The first-order valence-corrected chi connectivity index (χ1v) is 2.68. The van der Waals surface area contributed by atoms with E-state index in [-0.39, 0.29) is 6.42 Å². The van der Waals surface area contributed by atoms with Gasteiger partial charge in [0.25, 0.3) is 0 Å². The predicted molar refractivity (Wildman–Crippen MR) is 35.0 cm³/mol. The Bertz CT molecular complexity index is 160. The number of carbonyl (C=O) groups is 2. The molecular formula is C7H8O4-2. The molecule has 0 amide bonds. The summed E-state index contributed by atoms with van der Waals surface area (Å²) in [6, 6.07) is 0. The molecule has 0 saturated carbocycles. The number of carbonyl (C=O) groups excluding carboxylic acids is 2. The van der Waals surface area contributed by atoms with Gasteiger partial charge in [0, 0.05) is 12.4 Å². The molecule has 0 heterocycles.